The fraction of sp³-hybridized carbons (Fsp3) is 0.240. The fourth-order valence-corrected chi connectivity index (χ4v) is 5.52. The maximum atomic E-state index is 12.8. The van der Waals surface area contributed by atoms with Gasteiger partial charge in [-0.3, -0.25) is 4.79 Å². The number of hydrogen-bond donors (Lipinski definition) is 1. The summed E-state index contributed by atoms with van der Waals surface area (Å²) in [6, 6.07) is 13.4. The van der Waals surface area contributed by atoms with Crippen molar-refractivity contribution in [2.24, 2.45) is 10.7 Å². The van der Waals surface area contributed by atoms with Crippen molar-refractivity contribution in [2.45, 2.75) is 32.6 Å². The van der Waals surface area contributed by atoms with Crippen LogP contribution in [-0.4, -0.2) is 18.5 Å². The van der Waals surface area contributed by atoms with Gasteiger partial charge >= 0.3 is 5.97 Å². The average molecular weight is 447 g/mol. The van der Waals surface area contributed by atoms with Crippen LogP contribution in [0.15, 0.2) is 51.9 Å². The number of benzene rings is 2. The molecule has 1 amide bonds. The van der Waals surface area contributed by atoms with Gasteiger partial charge in [0.1, 0.15) is 16.1 Å². The molecule has 1 aliphatic carbocycles. The number of ether oxygens (including phenoxy) is 1. The first-order chi connectivity index (χ1) is 15.6. The van der Waals surface area contributed by atoms with E-state index in [1.54, 1.807) is 13.0 Å². The normalized spacial score (nSPS) is 14.0. The summed E-state index contributed by atoms with van der Waals surface area (Å²) in [6.45, 7) is 2.06. The van der Waals surface area contributed by atoms with Crippen molar-refractivity contribution in [3.05, 3.63) is 69.6 Å². The summed E-state index contributed by atoms with van der Waals surface area (Å²) in [4.78, 5) is 30.9. The van der Waals surface area contributed by atoms with E-state index in [0.717, 1.165) is 52.3 Å². The average Bonchev–Trinajstić information content (AvgIpc) is 3.16. The molecule has 0 unspecified atom stereocenters. The number of amides is 1. The molecule has 6 nitrogen and oxygen atoms in total. The molecule has 0 aliphatic heterocycles. The van der Waals surface area contributed by atoms with Gasteiger partial charge in [0, 0.05) is 10.3 Å². The minimum atomic E-state index is -0.638. The van der Waals surface area contributed by atoms with Gasteiger partial charge in [-0.1, -0.05) is 30.3 Å². The lowest BCUT2D eigenvalue weighted by Gasteiger charge is -2.11. The molecule has 7 heteroatoms. The molecule has 32 heavy (non-hydrogen) atoms. The molecule has 2 heterocycles. The minimum Gasteiger partial charge on any atom is -0.462 e. The highest BCUT2D eigenvalue weighted by molar-refractivity contribution is 7.16. The summed E-state index contributed by atoms with van der Waals surface area (Å²) in [7, 11) is 0. The third-order valence-corrected chi connectivity index (χ3v) is 6.94. The molecular weight excluding hydrogens is 424 g/mol. The van der Waals surface area contributed by atoms with Crippen LogP contribution in [0.2, 0.25) is 0 Å². The summed E-state index contributed by atoms with van der Waals surface area (Å²) < 4.78 is 11.4. The second kappa shape index (κ2) is 8.24. The van der Waals surface area contributed by atoms with Gasteiger partial charge in [-0.25, -0.2) is 9.79 Å². The van der Waals surface area contributed by atoms with Crippen LogP contribution in [0.1, 0.15) is 50.9 Å². The number of rotatable bonds is 4. The predicted molar refractivity (Wildman–Crippen MR) is 124 cm³/mol. The highest BCUT2D eigenvalue weighted by Gasteiger charge is 2.26. The molecule has 0 radical (unpaired) electrons. The van der Waals surface area contributed by atoms with Crippen LogP contribution in [0.25, 0.3) is 21.7 Å². The van der Waals surface area contributed by atoms with Gasteiger partial charge < -0.3 is 14.9 Å². The second-order valence-electron chi connectivity index (χ2n) is 7.75. The van der Waals surface area contributed by atoms with Crippen molar-refractivity contribution >= 4 is 50.0 Å². The minimum absolute atomic E-state index is 0.101. The molecule has 0 spiro atoms. The Hall–Kier alpha value is -3.45. The number of fused-ring (bicyclic) bond motifs is 4. The largest absolute Gasteiger partial charge is 0.462 e. The second-order valence-corrected chi connectivity index (χ2v) is 8.83. The number of aryl methyl sites for hydroxylation is 1. The Balaban J connectivity index is 1.77. The standard InChI is InChI=1S/C25H22N2O4S/c1-2-30-25(29)21-16-9-5-6-10-20(16)32-24(21)27-23-18(22(26)28)13-17-15-8-4-3-7-14(15)11-12-19(17)31-23/h3-4,7-8,11-13H,2,5-6,9-10H2,1H3,(H2,26,28)/b27-23-. The van der Waals surface area contributed by atoms with Gasteiger partial charge in [0.15, 0.2) is 0 Å². The fourth-order valence-electron chi connectivity index (χ4n) is 4.27. The summed E-state index contributed by atoms with van der Waals surface area (Å²) in [5.74, 6) is -1.03. The SMILES string of the molecule is CCOC(=O)c1c(/N=c2\oc3ccc4ccccc4c3cc2C(N)=O)sc2c1CCCC2. The maximum absolute atomic E-state index is 12.8. The zero-order chi connectivity index (χ0) is 22.2. The van der Waals surface area contributed by atoms with E-state index < -0.39 is 11.9 Å². The van der Waals surface area contributed by atoms with E-state index in [0.29, 0.717) is 16.1 Å². The van der Waals surface area contributed by atoms with Crippen LogP contribution >= 0.6 is 11.3 Å². The van der Waals surface area contributed by atoms with Crippen LogP contribution in [0.4, 0.5) is 5.00 Å². The number of primary amides is 1. The van der Waals surface area contributed by atoms with E-state index in [2.05, 4.69) is 4.99 Å². The lowest BCUT2D eigenvalue weighted by atomic mass is 9.95. The van der Waals surface area contributed by atoms with Crippen molar-refractivity contribution in [1.82, 2.24) is 0 Å². The number of hydrogen-bond acceptors (Lipinski definition) is 6. The summed E-state index contributed by atoms with van der Waals surface area (Å²) in [5, 5.41) is 3.28. The highest BCUT2D eigenvalue weighted by atomic mass is 32.1. The third-order valence-electron chi connectivity index (χ3n) is 5.76. The number of esters is 1. The molecule has 1 aliphatic rings. The van der Waals surface area contributed by atoms with Crippen molar-refractivity contribution in [2.75, 3.05) is 6.61 Å². The number of nitrogens with two attached hydrogens (primary N) is 1. The van der Waals surface area contributed by atoms with Crippen molar-refractivity contribution < 1.29 is 18.7 Å². The Labute approximate surface area is 188 Å². The maximum Gasteiger partial charge on any atom is 0.341 e. The van der Waals surface area contributed by atoms with Gasteiger partial charge in [0.2, 0.25) is 5.55 Å². The number of thiophene rings is 1. The van der Waals surface area contributed by atoms with E-state index in [1.165, 1.54) is 11.3 Å². The Morgan fingerprint density at radius 1 is 1.12 bits per heavy atom. The number of nitrogens with zero attached hydrogens (tertiary/aromatic N) is 1. The lowest BCUT2D eigenvalue weighted by Crippen LogP contribution is -2.21. The highest BCUT2D eigenvalue weighted by Crippen LogP contribution is 2.40. The Bertz CT molecular complexity index is 1450. The van der Waals surface area contributed by atoms with E-state index in [9.17, 15) is 9.59 Å². The lowest BCUT2D eigenvalue weighted by molar-refractivity contribution is 0.0526. The van der Waals surface area contributed by atoms with Crippen LogP contribution < -0.4 is 11.3 Å². The van der Waals surface area contributed by atoms with E-state index in [1.807, 2.05) is 36.4 Å². The van der Waals surface area contributed by atoms with Gasteiger partial charge in [0.05, 0.1) is 12.2 Å². The molecule has 0 saturated heterocycles. The van der Waals surface area contributed by atoms with Crippen molar-refractivity contribution in [3.63, 3.8) is 0 Å². The Morgan fingerprint density at radius 3 is 2.75 bits per heavy atom. The Kier molecular flexibility index (Phi) is 5.27. The molecular formula is C25H22N2O4S. The predicted octanol–water partition coefficient (Wildman–Crippen LogP) is 5.03. The summed E-state index contributed by atoms with van der Waals surface area (Å²) in [5.41, 5.74) is 8.05. The van der Waals surface area contributed by atoms with E-state index >= 15 is 0 Å². The van der Waals surface area contributed by atoms with Crippen LogP contribution in [0.5, 0.6) is 0 Å². The third kappa shape index (κ3) is 3.48. The van der Waals surface area contributed by atoms with E-state index in [-0.39, 0.29) is 17.7 Å². The van der Waals surface area contributed by atoms with Gasteiger partial charge in [-0.05, 0) is 61.1 Å². The molecule has 0 bridgehead atoms. The molecule has 5 rings (SSSR count). The van der Waals surface area contributed by atoms with Gasteiger partial charge in [-0.15, -0.1) is 11.3 Å². The zero-order valence-corrected chi connectivity index (χ0v) is 18.5. The molecule has 4 aromatic rings. The molecule has 0 fully saturated rings. The molecule has 0 saturated carbocycles. The number of carbonyl (C=O) groups is 2. The first-order valence-electron chi connectivity index (χ1n) is 10.7. The van der Waals surface area contributed by atoms with Gasteiger partial charge in [0.25, 0.3) is 5.91 Å². The first kappa shape index (κ1) is 20.5. The molecule has 0 atom stereocenters. The zero-order valence-electron chi connectivity index (χ0n) is 17.6. The molecule has 2 aromatic heterocycles. The van der Waals surface area contributed by atoms with Crippen molar-refractivity contribution in [3.8, 4) is 0 Å². The van der Waals surface area contributed by atoms with Crippen LogP contribution in [-0.2, 0) is 17.6 Å². The van der Waals surface area contributed by atoms with Crippen LogP contribution in [0, 0.1) is 0 Å². The molecule has 2 N–H and O–H groups in total. The topological polar surface area (TPSA) is 94.9 Å². The van der Waals surface area contributed by atoms with Gasteiger partial charge in [-0.2, -0.15) is 0 Å². The summed E-state index contributed by atoms with van der Waals surface area (Å²) >= 11 is 1.46. The first-order valence-corrected chi connectivity index (χ1v) is 11.5. The van der Waals surface area contributed by atoms with Crippen molar-refractivity contribution in [1.29, 1.82) is 0 Å². The monoisotopic (exact) mass is 446 g/mol. The Morgan fingerprint density at radius 2 is 1.94 bits per heavy atom. The number of carbonyl (C=O) groups excluding carboxylic acids is 2. The molecule has 2 aromatic carbocycles. The smallest absolute Gasteiger partial charge is 0.341 e. The van der Waals surface area contributed by atoms with Crippen LogP contribution in [0.3, 0.4) is 0 Å². The summed E-state index contributed by atoms with van der Waals surface area (Å²) in [6.07, 6.45) is 3.83. The quantitative estimate of drug-likeness (QED) is 0.351. The van der Waals surface area contributed by atoms with E-state index in [4.69, 9.17) is 14.9 Å². The molecule has 162 valence electrons.